The molecule has 1 aliphatic rings. The fourth-order valence-corrected chi connectivity index (χ4v) is 2.43. The van der Waals surface area contributed by atoms with Crippen molar-refractivity contribution in [2.24, 2.45) is 5.41 Å². The van der Waals surface area contributed by atoms with Gasteiger partial charge in [-0.05, 0) is 11.8 Å². The van der Waals surface area contributed by atoms with E-state index in [1.165, 1.54) is 0 Å². The topological polar surface area (TPSA) is 54.4 Å². The van der Waals surface area contributed by atoms with Crippen LogP contribution in [0.15, 0.2) is 11.3 Å². The summed E-state index contributed by atoms with van der Waals surface area (Å²) in [6.45, 7) is 5.95. The van der Waals surface area contributed by atoms with E-state index in [9.17, 15) is 14.7 Å². The molecule has 0 spiro atoms. The number of carbonyl (C=O) groups is 2. The van der Waals surface area contributed by atoms with Crippen LogP contribution in [-0.4, -0.2) is 16.7 Å². The van der Waals surface area contributed by atoms with Crippen molar-refractivity contribution in [2.45, 2.75) is 65.7 Å². The third kappa shape index (κ3) is 3.97. The van der Waals surface area contributed by atoms with Crippen molar-refractivity contribution in [1.29, 1.82) is 0 Å². The molecule has 0 aliphatic heterocycles. The van der Waals surface area contributed by atoms with Gasteiger partial charge in [0.05, 0.1) is 5.57 Å². The first-order chi connectivity index (χ1) is 8.37. The molecule has 0 bridgehead atoms. The van der Waals surface area contributed by atoms with Crippen molar-refractivity contribution in [3.05, 3.63) is 11.3 Å². The van der Waals surface area contributed by atoms with E-state index in [0.717, 1.165) is 25.7 Å². The summed E-state index contributed by atoms with van der Waals surface area (Å²) in [6, 6.07) is 0. The SMILES string of the molecule is CCCCCCC(O)=C1C(=O)CC(C)(C)CC1=O. The molecule has 1 saturated carbocycles. The highest BCUT2D eigenvalue weighted by Crippen LogP contribution is 2.34. The van der Waals surface area contributed by atoms with Crippen molar-refractivity contribution < 1.29 is 14.7 Å². The quantitative estimate of drug-likeness (QED) is 0.351. The van der Waals surface area contributed by atoms with Gasteiger partial charge in [0, 0.05) is 19.3 Å². The number of Topliss-reactive ketones (excluding diaryl/α,β-unsaturated/α-hetero) is 2. The molecule has 1 rings (SSSR count). The van der Waals surface area contributed by atoms with Gasteiger partial charge in [-0.25, -0.2) is 0 Å². The first-order valence-electron chi connectivity index (χ1n) is 6.86. The Hall–Kier alpha value is -1.12. The van der Waals surface area contributed by atoms with E-state index in [1.54, 1.807) is 0 Å². The largest absolute Gasteiger partial charge is 0.511 e. The monoisotopic (exact) mass is 252 g/mol. The summed E-state index contributed by atoms with van der Waals surface area (Å²) in [5.41, 5.74) is -0.189. The van der Waals surface area contributed by atoms with Crippen LogP contribution in [0.1, 0.15) is 65.7 Å². The lowest BCUT2D eigenvalue weighted by Crippen LogP contribution is -2.32. The van der Waals surface area contributed by atoms with Crippen LogP contribution in [0, 0.1) is 5.41 Å². The maximum absolute atomic E-state index is 11.9. The Morgan fingerprint density at radius 2 is 1.67 bits per heavy atom. The van der Waals surface area contributed by atoms with E-state index >= 15 is 0 Å². The van der Waals surface area contributed by atoms with E-state index in [4.69, 9.17) is 0 Å². The minimum atomic E-state index is -0.264. The number of carbonyl (C=O) groups excluding carboxylic acids is 2. The number of unbranched alkanes of at least 4 members (excludes halogenated alkanes) is 3. The standard InChI is InChI=1S/C15H24O3/c1-4-5-6-7-8-11(16)14-12(17)9-15(2,3)10-13(14)18/h16H,4-10H2,1-3H3. The Kier molecular flexibility index (Phi) is 5.12. The maximum Gasteiger partial charge on any atom is 0.170 e. The second kappa shape index (κ2) is 6.17. The normalized spacial score (nSPS) is 19.2. The zero-order valence-electron chi connectivity index (χ0n) is 11.7. The molecule has 0 amide bonds. The van der Waals surface area contributed by atoms with Crippen molar-refractivity contribution in [2.75, 3.05) is 0 Å². The number of aliphatic hydroxyl groups is 1. The van der Waals surface area contributed by atoms with Gasteiger partial charge >= 0.3 is 0 Å². The van der Waals surface area contributed by atoms with Crippen molar-refractivity contribution >= 4 is 11.6 Å². The first kappa shape index (κ1) is 14.9. The van der Waals surface area contributed by atoms with Crippen LogP contribution in [-0.2, 0) is 9.59 Å². The molecule has 3 nitrogen and oxygen atoms in total. The predicted octanol–water partition coefficient (Wildman–Crippen LogP) is 3.73. The highest BCUT2D eigenvalue weighted by Gasteiger charge is 2.37. The van der Waals surface area contributed by atoms with Gasteiger partial charge in [0.1, 0.15) is 5.76 Å². The van der Waals surface area contributed by atoms with Crippen LogP contribution in [0.2, 0.25) is 0 Å². The summed E-state index contributed by atoms with van der Waals surface area (Å²) in [6.07, 6.45) is 5.28. The molecule has 0 atom stereocenters. The average molecular weight is 252 g/mol. The molecule has 0 aromatic carbocycles. The van der Waals surface area contributed by atoms with E-state index in [2.05, 4.69) is 6.92 Å². The van der Waals surface area contributed by atoms with Crippen LogP contribution in [0.4, 0.5) is 0 Å². The lowest BCUT2D eigenvalue weighted by Gasteiger charge is -2.28. The summed E-state index contributed by atoms with van der Waals surface area (Å²) in [5.74, 6) is -0.370. The highest BCUT2D eigenvalue weighted by atomic mass is 16.3. The van der Waals surface area contributed by atoms with Gasteiger partial charge in [0.2, 0.25) is 0 Å². The predicted molar refractivity (Wildman–Crippen MR) is 71.4 cm³/mol. The van der Waals surface area contributed by atoms with Gasteiger partial charge in [0.25, 0.3) is 0 Å². The second-order valence-electron chi connectivity index (χ2n) is 6.00. The van der Waals surface area contributed by atoms with Gasteiger partial charge in [-0.2, -0.15) is 0 Å². The Morgan fingerprint density at radius 3 is 2.17 bits per heavy atom. The molecule has 18 heavy (non-hydrogen) atoms. The zero-order valence-corrected chi connectivity index (χ0v) is 11.7. The number of allylic oxidation sites excluding steroid dienone is 2. The van der Waals surface area contributed by atoms with Crippen molar-refractivity contribution in [1.82, 2.24) is 0 Å². The average Bonchev–Trinajstić information content (AvgIpc) is 2.21. The number of hydrogen-bond acceptors (Lipinski definition) is 3. The van der Waals surface area contributed by atoms with Gasteiger partial charge in [0.15, 0.2) is 11.6 Å². The van der Waals surface area contributed by atoms with Crippen LogP contribution >= 0.6 is 0 Å². The molecule has 0 aromatic rings. The van der Waals surface area contributed by atoms with Gasteiger partial charge in [-0.1, -0.05) is 40.0 Å². The summed E-state index contributed by atoms with van der Waals surface area (Å²) in [5, 5.41) is 9.92. The smallest absolute Gasteiger partial charge is 0.170 e. The molecule has 0 heterocycles. The fourth-order valence-electron chi connectivity index (χ4n) is 2.43. The fraction of sp³-hybridized carbons (Fsp3) is 0.733. The van der Waals surface area contributed by atoms with E-state index in [1.807, 2.05) is 13.8 Å². The molecule has 1 aliphatic carbocycles. The zero-order chi connectivity index (χ0) is 13.8. The maximum atomic E-state index is 11.9. The van der Waals surface area contributed by atoms with Gasteiger partial charge < -0.3 is 5.11 Å². The first-order valence-corrected chi connectivity index (χ1v) is 6.86. The van der Waals surface area contributed by atoms with E-state index < -0.39 is 0 Å². The van der Waals surface area contributed by atoms with E-state index in [0.29, 0.717) is 19.3 Å². The molecule has 0 saturated heterocycles. The van der Waals surface area contributed by atoms with Crippen LogP contribution in [0.3, 0.4) is 0 Å². The number of ketones is 2. The van der Waals surface area contributed by atoms with Gasteiger partial charge in [-0.3, -0.25) is 9.59 Å². The molecule has 1 N–H and O–H groups in total. The molecule has 0 radical (unpaired) electrons. The van der Waals surface area contributed by atoms with Crippen molar-refractivity contribution in [3.8, 4) is 0 Å². The number of rotatable bonds is 5. The molecule has 3 heteroatoms. The summed E-state index contributed by atoms with van der Waals surface area (Å²) in [7, 11) is 0. The molecular formula is C15H24O3. The molecule has 102 valence electrons. The molecule has 0 unspecified atom stereocenters. The number of aliphatic hydroxyl groups excluding tert-OH is 1. The van der Waals surface area contributed by atoms with Crippen LogP contribution in [0.25, 0.3) is 0 Å². The van der Waals surface area contributed by atoms with Crippen LogP contribution < -0.4 is 0 Å². The summed E-state index contributed by atoms with van der Waals surface area (Å²) < 4.78 is 0. The Balaban J connectivity index is 2.68. The Morgan fingerprint density at radius 1 is 1.11 bits per heavy atom. The lowest BCUT2D eigenvalue weighted by atomic mass is 9.73. The molecular weight excluding hydrogens is 228 g/mol. The lowest BCUT2D eigenvalue weighted by molar-refractivity contribution is -0.127. The van der Waals surface area contributed by atoms with E-state index in [-0.39, 0.29) is 28.3 Å². The minimum Gasteiger partial charge on any atom is -0.511 e. The summed E-state index contributed by atoms with van der Waals surface area (Å²) >= 11 is 0. The Bertz CT molecular complexity index is 342. The third-order valence-electron chi connectivity index (χ3n) is 3.39. The highest BCUT2D eigenvalue weighted by molar-refractivity contribution is 6.22. The van der Waals surface area contributed by atoms with Gasteiger partial charge in [-0.15, -0.1) is 0 Å². The summed E-state index contributed by atoms with van der Waals surface area (Å²) in [4.78, 5) is 23.8. The molecule has 1 fully saturated rings. The number of hydrogen-bond donors (Lipinski definition) is 1. The minimum absolute atomic E-state index is 0.0107. The molecule has 0 aromatic heterocycles. The van der Waals surface area contributed by atoms with Crippen LogP contribution in [0.5, 0.6) is 0 Å². The second-order valence-corrected chi connectivity index (χ2v) is 6.00. The van der Waals surface area contributed by atoms with Crippen molar-refractivity contribution in [3.63, 3.8) is 0 Å². The Labute approximate surface area is 109 Å². The third-order valence-corrected chi connectivity index (χ3v) is 3.39.